The van der Waals surface area contributed by atoms with Gasteiger partial charge in [-0.25, -0.2) is 4.39 Å². The third kappa shape index (κ3) is 2.17. The van der Waals surface area contributed by atoms with E-state index in [2.05, 4.69) is 0 Å². The van der Waals surface area contributed by atoms with Crippen molar-refractivity contribution < 1.29 is 13.9 Å². The zero-order valence-corrected chi connectivity index (χ0v) is 10.2. The number of ether oxygens (including phenoxy) is 1. The van der Waals surface area contributed by atoms with E-state index in [-0.39, 0.29) is 17.2 Å². The van der Waals surface area contributed by atoms with Crippen LogP contribution in [0, 0.1) is 9.39 Å². The molecule has 0 fully saturated rings. The molecule has 0 N–H and O–H groups in total. The molecule has 0 unspecified atom stereocenters. The summed E-state index contributed by atoms with van der Waals surface area (Å²) in [6.45, 7) is 0. The molecule has 0 heterocycles. The summed E-state index contributed by atoms with van der Waals surface area (Å²) in [4.78, 5) is 11.3. The van der Waals surface area contributed by atoms with Crippen LogP contribution < -0.4 is 4.74 Å². The Bertz CT molecular complexity index is 368. The molecule has 0 aromatic heterocycles. The second-order valence-corrected chi connectivity index (χ2v) is 3.92. The molecule has 0 aliphatic rings. The van der Waals surface area contributed by atoms with Crippen molar-refractivity contribution in [3.05, 3.63) is 27.1 Å². The number of halogens is 3. The zero-order chi connectivity index (χ0) is 10.7. The fourth-order valence-corrected chi connectivity index (χ4v) is 1.86. The van der Waals surface area contributed by atoms with E-state index in [0.29, 0.717) is 3.57 Å². The van der Waals surface area contributed by atoms with Crippen LogP contribution in [0.1, 0.15) is 10.4 Å². The van der Waals surface area contributed by atoms with E-state index < -0.39 is 11.6 Å². The van der Waals surface area contributed by atoms with Crippen LogP contribution in [-0.2, 0) is 0 Å². The minimum Gasteiger partial charge on any atom is -0.494 e. The first kappa shape index (κ1) is 11.7. The normalized spacial score (nSPS) is 10.0. The van der Waals surface area contributed by atoms with Crippen LogP contribution in [0.4, 0.5) is 4.39 Å². The number of hydrogen-bond acceptors (Lipinski definition) is 2. The minimum atomic E-state index is -0.648. The number of ketones is 1. The second-order valence-electron chi connectivity index (χ2n) is 2.50. The number of hydrogen-bond donors (Lipinski definition) is 0. The first-order valence-corrected chi connectivity index (χ1v) is 5.34. The summed E-state index contributed by atoms with van der Waals surface area (Å²) in [5.74, 6) is -1.27. The number of Topliss-reactive ketones (excluding diaryl/α,β-unsaturated/α-hetero) is 1. The Labute approximate surface area is 99.5 Å². The predicted octanol–water partition coefficient (Wildman–Crippen LogP) is 2.86. The molecule has 0 spiro atoms. The molecule has 5 heteroatoms. The smallest absolute Gasteiger partial charge is 0.181 e. The lowest BCUT2D eigenvalue weighted by atomic mass is 10.1. The van der Waals surface area contributed by atoms with Gasteiger partial charge in [0.05, 0.1) is 18.6 Å². The summed E-state index contributed by atoms with van der Waals surface area (Å²) in [5, 5.41) is 0. The highest BCUT2D eigenvalue weighted by molar-refractivity contribution is 14.1. The molecule has 1 aromatic carbocycles. The van der Waals surface area contributed by atoms with Crippen molar-refractivity contribution in [2.45, 2.75) is 0 Å². The van der Waals surface area contributed by atoms with Crippen molar-refractivity contribution in [2.24, 2.45) is 0 Å². The molecular formula is C9H7ClFIO2. The highest BCUT2D eigenvalue weighted by Gasteiger charge is 2.18. The number of carbonyl (C=O) groups is 1. The number of alkyl halides is 1. The van der Waals surface area contributed by atoms with Crippen molar-refractivity contribution in [1.82, 2.24) is 0 Å². The maximum atomic E-state index is 13.6. The molecule has 2 nitrogen and oxygen atoms in total. The average Bonchev–Trinajstić information content (AvgIpc) is 2.18. The van der Waals surface area contributed by atoms with Crippen LogP contribution in [0.3, 0.4) is 0 Å². The number of benzene rings is 1. The molecule has 14 heavy (non-hydrogen) atoms. The molecule has 1 aromatic rings. The van der Waals surface area contributed by atoms with Crippen molar-refractivity contribution in [2.75, 3.05) is 13.0 Å². The molecule has 0 aliphatic heterocycles. The van der Waals surface area contributed by atoms with Crippen LogP contribution >= 0.6 is 34.2 Å². The lowest BCUT2D eigenvalue weighted by Crippen LogP contribution is -2.07. The first-order valence-electron chi connectivity index (χ1n) is 3.73. The summed E-state index contributed by atoms with van der Waals surface area (Å²) >= 11 is 7.25. The van der Waals surface area contributed by atoms with Gasteiger partial charge < -0.3 is 4.74 Å². The Balaban J connectivity index is 3.32. The summed E-state index contributed by atoms with van der Waals surface area (Å²) in [6, 6.07) is 3.09. The van der Waals surface area contributed by atoms with Crippen LogP contribution in [0.15, 0.2) is 12.1 Å². The Kier molecular flexibility index (Phi) is 4.12. The Morgan fingerprint density at radius 3 is 2.79 bits per heavy atom. The van der Waals surface area contributed by atoms with Crippen molar-refractivity contribution in [3.8, 4) is 5.75 Å². The van der Waals surface area contributed by atoms with Gasteiger partial charge in [0.25, 0.3) is 0 Å². The van der Waals surface area contributed by atoms with Gasteiger partial charge in [-0.3, -0.25) is 4.79 Å². The van der Waals surface area contributed by atoms with Crippen LogP contribution in [0.5, 0.6) is 5.75 Å². The molecule has 0 amide bonds. The fourth-order valence-electron chi connectivity index (χ4n) is 1.01. The van der Waals surface area contributed by atoms with Gasteiger partial charge in [0.2, 0.25) is 0 Å². The van der Waals surface area contributed by atoms with Crippen LogP contribution in [-0.4, -0.2) is 18.8 Å². The van der Waals surface area contributed by atoms with Gasteiger partial charge in [-0.2, -0.15) is 0 Å². The third-order valence-electron chi connectivity index (χ3n) is 1.68. The predicted molar refractivity (Wildman–Crippen MR) is 60.7 cm³/mol. The average molecular weight is 329 g/mol. The lowest BCUT2D eigenvalue weighted by Gasteiger charge is -2.07. The fraction of sp³-hybridized carbons (Fsp3) is 0.222. The first-order chi connectivity index (χ1) is 6.61. The molecule has 0 aliphatic carbocycles. The summed E-state index contributed by atoms with van der Waals surface area (Å²) in [6.07, 6.45) is 0. The van der Waals surface area contributed by atoms with E-state index in [1.54, 1.807) is 6.07 Å². The minimum absolute atomic E-state index is 0.0000463. The number of rotatable bonds is 3. The van der Waals surface area contributed by atoms with Gasteiger partial charge in [-0.05, 0) is 34.7 Å². The SMILES string of the molecule is COc1ccc(I)c(C(=O)CCl)c1F. The quantitative estimate of drug-likeness (QED) is 0.484. The van der Waals surface area contributed by atoms with Gasteiger partial charge in [0.1, 0.15) is 0 Å². The topological polar surface area (TPSA) is 26.3 Å². The van der Waals surface area contributed by atoms with E-state index in [0.717, 1.165) is 0 Å². The van der Waals surface area contributed by atoms with Gasteiger partial charge in [0.15, 0.2) is 17.3 Å². The van der Waals surface area contributed by atoms with Gasteiger partial charge in [0, 0.05) is 3.57 Å². The standard InChI is InChI=1S/C9H7ClFIO2/c1-14-7-3-2-5(12)8(9(7)11)6(13)4-10/h2-3H,4H2,1H3. The van der Waals surface area contributed by atoms with Crippen molar-refractivity contribution in [1.29, 1.82) is 0 Å². The van der Waals surface area contributed by atoms with E-state index >= 15 is 0 Å². The van der Waals surface area contributed by atoms with Crippen molar-refractivity contribution >= 4 is 40.0 Å². The maximum absolute atomic E-state index is 13.6. The monoisotopic (exact) mass is 328 g/mol. The molecule has 0 bridgehead atoms. The summed E-state index contributed by atoms with van der Waals surface area (Å²) in [7, 11) is 1.35. The zero-order valence-electron chi connectivity index (χ0n) is 7.31. The van der Waals surface area contributed by atoms with E-state index in [4.69, 9.17) is 16.3 Å². The highest BCUT2D eigenvalue weighted by atomic mass is 127. The Hall–Kier alpha value is -0.360. The highest BCUT2D eigenvalue weighted by Crippen LogP contribution is 2.25. The molecule has 0 saturated carbocycles. The van der Waals surface area contributed by atoms with E-state index in [9.17, 15) is 9.18 Å². The number of methoxy groups -OCH3 is 1. The molecule has 76 valence electrons. The second kappa shape index (κ2) is 4.93. The van der Waals surface area contributed by atoms with E-state index in [1.165, 1.54) is 13.2 Å². The Morgan fingerprint density at radius 1 is 1.64 bits per heavy atom. The largest absolute Gasteiger partial charge is 0.494 e. The Morgan fingerprint density at radius 2 is 2.29 bits per heavy atom. The molecular weight excluding hydrogens is 321 g/mol. The maximum Gasteiger partial charge on any atom is 0.181 e. The number of carbonyl (C=O) groups excluding carboxylic acids is 1. The van der Waals surface area contributed by atoms with Crippen LogP contribution in [0.2, 0.25) is 0 Å². The van der Waals surface area contributed by atoms with Crippen molar-refractivity contribution in [3.63, 3.8) is 0 Å². The lowest BCUT2D eigenvalue weighted by molar-refractivity contribution is 0.101. The molecule has 0 saturated heterocycles. The molecule has 0 atom stereocenters. The molecule has 0 radical (unpaired) electrons. The van der Waals surface area contributed by atoms with Gasteiger partial charge in [-0.1, -0.05) is 0 Å². The summed E-state index contributed by atoms with van der Waals surface area (Å²) in [5.41, 5.74) is -0.0000463. The van der Waals surface area contributed by atoms with E-state index in [1.807, 2.05) is 22.6 Å². The van der Waals surface area contributed by atoms with Gasteiger partial charge in [-0.15, -0.1) is 11.6 Å². The molecule has 1 rings (SSSR count). The third-order valence-corrected chi connectivity index (χ3v) is 2.82. The summed E-state index contributed by atoms with van der Waals surface area (Å²) < 4.78 is 18.9. The van der Waals surface area contributed by atoms with Gasteiger partial charge >= 0.3 is 0 Å². The van der Waals surface area contributed by atoms with Crippen LogP contribution in [0.25, 0.3) is 0 Å².